The highest BCUT2D eigenvalue weighted by Gasteiger charge is 2.58. The number of carbonyl (C=O) groups is 2. The smallest absolute Gasteiger partial charge is 0.341 e. The molecule has 39 heavy (non-hydrogen) atoms. The molecule has 5 rings (SSSR count). The minimum atomic E-state index is -4.36. The number of benzene rings is 1. The predicted octanol–water partition coefficient (Wildman–Crippen LogP) is 5.76. The van der Waals surface area contributed by atoms with E-state index in [0.29, 0.717) is 5.82 Å². The number of halogens is 3. The molecule has 0 unspecified atom stereocenters. The van der Waals surface area contributed by atoms with Gasteiger partial charge in [0.2, 0.25) is 5.91 Å². The van der Waals surface area contributed by atoms with Gasteiger partial charge in [-0.25, -0.2) is 4.98 Å². The van der Waals surface area contributed by atoms with Gasteiger partial charge in [0.25, 0.3) is 0 Å². The van der Waals surface area contributed by atoms with Crippen LogP contribution in [0, 0.1) is 11.8 Å². The van der Waals surface area contributed by atoms with E-state index in [0.717, 1.165) is 47.9 Å². The number of anilines is 1. The highest BCUT2D eigenvalue weighted by molar-refractivity contribution is 5.94. The number of nitrogens with one attached hydrogen (secondary N) is 2. The van der Waals surface area contributed by atoms with Crippen LogP contribution in [0.3, 0.4) is 0 Å². The Labute approximate surface area is 223 Å². The minimum absolute atomic E-state index is 0.0681. The number of aromatic nitrogens is 3. The Morgan fingerprint density at radius 3 is 2.51 bits per heavy atom. The largest absolute Gasteiger partial charge is 0.392 e. The third-order valence-electron chi connectivity index (χ3n) is 7.20. The predicted molar refractivity (Wildman–Crippen MR) is 137 cm³/mol. The Hall–Kier alpha value is -3.76. The number of hydrogen-bond donors (Lipinski definition) is 2. The van der Waals surface area contributed by atoms with E-state index < -0.39 is 29.8 Å². The van der Waals surface area contributed by atoms with E-state index >= 15 is 0 Å². The van der Waals surface area contributed by atoms with Crippen LogP contribution >= 0.6 is 0 Å². The number of nitrogens with zero attached hydrogens (tertiary/aromatic N) is 3. The Bertz CT molecular complexity index is 1400. The maximum Gasteiger partial charge on any atom is 0.392 e. The molecule has 0 saturated heterocycles. The molecule has 2 aromatic heterocycles. The third kappa shape index (κ3) is 5.97. The van der Waals surface area contributed by atoms with Crippen molar-refractivity contribution < 1.29 is 27.3 Å². The van der Waals surface area contributed by atoms with Gasteiger partial charge in [-0.2, -0.15) is 18.2 Å². The second-order valence-electron chi connectivity index (χ2n) is 11.3. The van der Waals surface area contributed by atoms with E-state index in [1.54, 1.807) is 12.1 Å². The zero-order valence-electron chi connectivity index (χ0n) is 21.9. The lowest BCUT2D eigenvalue weighted by atomic mass is 9.94. The number of hydrogen-bond acceptors (Lipinski definition) is 6. The maximum atomic E-state index is 12.9. The van der Waals surface area contributed by atoms with Crippen LogP contribution in [0.15, 0.2) is 41.1 Å². The molecule has 0 aliphatic heterocycles. The molecule has 0 bridgehead atoms. The Morgan fingerprint density at radius 1 is 1.05 bits per heavy atom. The van der Waals surface area contributed by atoms with E-state index in [1.165, 1.54) is 6.20 Å². The molecule has 0 radical (unpaired) electrons. The van der Waals surface area contributed by atoms with Crippen LogP contribution in [0.5, 0.6) is 0 Å². The highest BCUT2D eigenvalue weighted by atomic mass is 19.4. The van der Waals surface area contributed by atoms with Crippen molar-refractivity contribution in [2.45, 2.75) is 70.5 Å². The van der Waals surface area contributed by atoms with Crippen LogP contribution in [-0.4, -0.2) is 33.1 Å². The maximum absolute atomic E-state index is 12.9. The molecule has 1 saturated carbocycles. The summed E-state index contributed by atoms with van der Waals surface area (Å²) in [5, 5.41) is 9.50. The zero-order chi connectivity index (χ0) is 27.9. The molecular formula is C28H30F3N5O3. The molecule has 206 valence electrons. The molecule has 0 spiro atoms. The summed E-state index contributed by atoms with van der Waals surface area (Å²) in [5.41, 5.74) is 3.41. The summed E-state index contributed by atoms with van der Waals surface area (Å²) < 4.78 is 43.7. The Morgan fingerprint density at radius 2 is 1.82 bits per heavy atom. The molecule has 2 heterocycles. The van der Waals surface area contributed by atoms with E-state index in [-0.39, 0.29) is 29.6 Å². The van der Waals surface area contributed by atoms with Gasteiger partial charge < -0.3 is 15.2 Å². The van der Waals surface area contributed by atoms with Crippen LogP contribution in [0.25, 0.3) is 11.1 Å². The first-order valence-corrected chi connectivity index (χ1v) is 13.0. The van der Waals surface area contributed by atoms with Crippen molar-refractivity contribution in [1.82, 2.24) is 20.4 Å². The quantitative estimate of drug-likeness (QED) is 0.397. The van der Waals surface area contributed by atoms with Crippen LogP contribution in [0.1, 0.15) is 80.1 Å². The summed E-state index contributed by atoms with van der Waals surface area (Å²) in [5.74, 6) is -3.14. The Balaban J connectivity index is 1.31. The second kappa shape index (κ2) is 10.1. The molecule has 2 aliphatic rings. The monoisotopic (exact) mass is 541 g/mol. The summed E-state index contributed by atoms with van der Waals surface area (Å²) in [6.07, 6.45) is 0.445. The van der Waals surface area contributed by atoms with Crippen molar-refractivity contribution in [1.29, 1.82) is 0 Å². The lowest BCUT2D eigenvalue weighted by molar-refractivity contribution is -0.153. The molecule has 1 aromatic carbocycles. The summed E-state index contributed by atoms with van der Waals surface area (Å²) >= 11 is 0. The molecule has 2 amide bonds. The van der Waals surface area contributed by atoms with Gasteiger partial charge >= 0.3 is 18.0 Å². The average Bonchev–Trinajstić information content (AvgIpc) is 3.58. The number of alkyl halides is 3. The molecule has 1 fully saturated rings. The topological polar surface area (TPSA) is 110 Å². The summed E-state index contributed by atoms with van der Waals surface area (Å²) in [6.45, 7) is 5.82. The molecule has 8 nitrogen and oxygen atoms in total. The van der Waals surface area contributed by atoms with Gasteiger partial charge in [-0.15, -0.1) is 0 Å². The fraction of sp³-hybridized carbons (Fsp3) is 0.464. The Kier molecular flexibility index (Phi) is 6.94. The van der Waals surface area contributed by atoms with Crippen molar-refractivity contribution in [3.63, 3.8) is 0 Å². The first-order chi connectivity index (χ1) is 18.4. The van der Waals surface area contributed by atoms with Crippen molar-refractivity contribution in [2.75, 3.05) is 5.32 Å². The molecule has 2 aliphatic carbocycles. The molecule has 3 atom stereocenters. The molecule has 11 heteroatoms. The molecule has 3 aromatic rings. The van der Waals surface area contributed by atoms with Gasteiger partial charge in [-0.1, -0.05) is 50.5 Å². The number of amides is 2. The highest BCUT2D eigenvalue weighted by Crippen LogP contribution is 2.50. The van der Waals surface area contributed by atoms with Crippen molar-refractivity contribution in [2.24, 2.45) is 11.8 Å². The van der Waals surface area contributed by atoms with E-state index in [2.05, 4.69) is 25.8 Å². The summed E-state index contributed by atoms with van der Waals surface area (Å²) in [7, 11) is 0. The fourth-order valence-electron chi connectivity index (χ4n) is 4.90. The van der Waals surface area contributed by atoms with Gasteiger partial charge in [-0.3, -0.25) is 9.59 Å². The van der Waals surface area contributed by atoms with E-state index in [9.17, 15) is 22.8 Å². The first-order valence-electron chi connectivity index (χ1n) is 13.0. The molecule has 2 N–H and O–H groups in total. The van der Waals surface area contributed by atoms with Gasteiger partial charge in [0.05, 0.1) is 17.9 Å². The lowest BCUT2D eigenvalue weighted by Crippen LogP contribution is -2.29. The number of rotatable bonds is 5. The number of carbonyl (C=O) groups excluding carboxylic acids is 2. The van der Waals surface area contributed by atoms with E-state index in [4.69, 9.17) is 4.52 Å². The van der Waals surface area contributed by atoms with Crippen LogP contribution < -0.4 is 10.6 Å². The summed E-state index contributed by atoms with van der Waals surface area (Å²) in [4.78, 5) is 33.6. The minimum Gasteiger partial charge on any atom is -0.341 e. The standard InChI is InChI=1S/C28H30F3N5O3/c1-27(2,3)26-35-25(39-36-26)24(38)33-21-7-5-4-6-17-12-15(8-9-18(17)21)16-10-11-32-22(13-16)34-23(37)19-14-20(19)28(29,30)31/h8-13,19-21H,4-7,14H2,1-3H3,(H,33,38)(H,32,34,37)/t19-,20+,21+/m1/s1. The summed E-state index contributed by atoms with van der Waals surface area (Å²) in [6, 6.07) is 9.17. The molecular weight excluding hydrogens is 511 g/mol. The van der Waals surface area contributed by atoms with Crippen LogP contribution in [-0.2, 0) is 16.6 Å². The zero-order valence-corrected chi connectivity index (χ0v) is 21.9. The number of fused-ring (bicyclic) bond motifs is 1. The average molecular weight is 542 g/mol. The van der Waals surface area contributed by atoms with Gasteiger partial charge in [0.15, 0.2) is 5.82 Å². The number of aryl methyl sites for hydroxylation is 1. The van der Waals surface area contributed by atoms with Crippen LogP contribution in [0.4, 0.5) is 19.0 Å². The van der Waals surface area contributed by atoms with Gasteiger partial charge in [0, 0.05) is 11.6 Å². The van der Waals surface area contributed by atoms with Gasteiger partial charge in [0.1, 0.15) is 5.82 Å². The SMILES string of the molecule is CC(C)(C)c1noc(C(=O)N[C@H]2CCCCc3cc(-c4ccnc(NC(=O)[C@@H]5C[C@@H]5C(F)(F)F)c4)ccc32)n1. The second-order valence-corrected chi connectivity index (χ2v) is 11.3. The normalized spacial score (nSPS) is 21.0. The lowest BCUT2D eigenvalue weighted by Gasteiger charge is -2.19. The van der Waals surface area contributed by atoms with Crippen molar-refractivity contribution in [3.8, 4) is 11.1 Å². The van der Waals surface area contributed by atoms with E-state index in [1.807, 2.05) is 39.0 Å². The number of pyridine rings is 1. The van der Waals surface area contributed by atoms with Crippen molar-refractivity contribution >= 4 is 17.6 Å². The fourth-order valence-corrected chi connectivity index (χ4v) is 4.90. The van der Waals surface area contributed by atoms with Gasteiger partial charge in [-0.05, 0) is 60.1 Å². The van der Waals surface area contributed by atoms with Crippen molar-refractivity contribution in [3.05, 3.63) is 59.4 Å². The van der Waals surface area contributed by atoms with Crippen LogP contribution in [0.2, 0.25) is 0 Å². The first kappa shape index (κ1) is 26.8. The third-order valence-corrected chi connectivity index (χ3v) is 7.20.